The van der Waals surface area contributed by atoms with Crippen LogP contribution in [-0.4, -0.2) is 10.9 Å². The van der Waals surface area contributed by atoms with E-state index in [-0.39, 0.29) is 5.50 Å². The van der Waals surface area contributed by atoms with E-state index in [0.29, 0.717) is 0 Å². The molecule has 1 N–H and O–H groups in total. The summed E-state index contributed by atoms with van der Waals surface area (Å²) in [7, 11) is 0. The summed E-state index contributed by atoms with van der Waals surface area (Å²) in [5.74, 6) is 0. The Kier molecular flexibility index (Phi) is 8.67. The van der Waals surface area contributed by atoms with Gasteiger partial charge in [0.25, 0.3) is 0 Å². The first kappa shape index (κ1) is 13.1. The fourth-order valence-corrected chi connectivity index (χ4v) is 1.56. The van der Waals surface area contributed by atoms with Crippen LogP contribution in [0.5, 0.6) is 0 Å². The first-order valence-electron chi connectivity index (χ1n) is 4.77. The fourth-order valence-electron chi connectivity index (χ4n) is 1.12. The maximum atomic E-state index is 10.4. The molecule has 13 heavy (non-hydrogen) atoms. The van der Waals surface area contributed by atoms with Crippen LogP contribution in [0.4, 0.5) is 4.79 Å². The van der Waals surface area contributed by atoms with Crippen molar-refractivity contribution < 1.29 is 4.79 Å². The Balaban J connectivity index is 3.17. The van der Waals surface area contributed by atoms with Crippen LogP contribution in [0, 0.1) is 0 Å². The zero-order valence-electron chi connectivity index (χ0n) is 7.98. The molecule has 1 amide bonds. The van der Waals surface area contributed by atoms with Crippen LogP contribution in [0.15, 0.2) is 0 Å². The number of amides is 1. The van der Waals surface area contributed by atoms with Gasteiger partial charge in [0.15, 0.2) is 0 Å². The quantitative estimate of drug-likeness (QED) is 0.303. The second-order valence-electron chi connectivity index (χ2n) is 3.09. The molecule has 0 aliphatic heterocycles. The maximum Gasteiger partial charge on any atom is 0.314 e. The average Bonchev–Trinajstić information content (AvgIpc) is 2.02. The molecular weight excluding hydrogens is 209 g/mol. The van der Waals surface area contributed by atoms with Crippen molar-refractivity contribution in [1.29, 1.82) is 0 Å². The average molecular weight is 226 g/mol. The lowest BCUT2D eigenvalue weighted by atomic mass is 10.1. The lowest BCUT2D eigenvalue weighted by Gasteiger charge is -2.08. The zero-order chi connectivity index (χ0) is 10.1. The maximum absolute atomic E-state index is 10.4. The van der Waals surface area contributed by atoms with Gasteiger partial charge in [0.1, 0.15) is 5.50 Å². The number of hydrogen-bond donors (Lipinski definition) is 1. The van der Waals surface area contributed by atoms with Gasteiger partial charge in [-0.15, -0.1) is 0 Å². The first-order valence-corrected chi connectivity index (χ1v) is 5.58. The summed E-state index contributed by atoms with van der Waals surface area (Å²) in [4.78, 5) is 10.4. The second kappa shape index (κ2) is 8.64. The van der Waals surface area contributed by atoms with Crippen LogP contribution in [0.1, 0.15) is 45.4 Å². The molecule has 0 rings (SSSR count). The highest BCUT2D eigenvalue weighted by molar-refractivity contribution is 6.63. The van der Waals surface area contributed by atoms with Gasteiger partial charge in [-0.1, -0.05) is 50.6 Å². The number of nitrogens with one attached hydrogen (secondary N) is 1. The van der Waals surface area contributed by atoms with Crippen molar-refractivity contribution in [3.05, 3.63) is 0 Å². The third kappa shape index (κ3) is 9.97. The molecule has 0 fully saturated rings. The smallest absolute Gasteiger partial charge is 0.314 e. The highest BCUT2D eigenvalue weighted by atomic mass is 35.5. The van der Waals surface area contributed by atoms with Gasteiger partial charge in [-0.2, -0.15) is 0 Å². The number of rotatable bonds is 7. The lowest BCUT2D eigenvalue weighted by Crippen LogP contribution is -2.25. The Hall–Kier alpha value is 0.0500. The largest absolute Gasteiger partial charge is 0.326 e. The fraction of sp³-hybridized carbons (Fsp3) is 0.889. The van der Waals surface area contributed by atoms with Crippen LogP contribution in [0.3, 0.4) is 0 Å². The number of carbonyl (C=O) groups excluding carboxylic acids is 1. The summed E-state index contributed by atoms with van der Waals surface area (Å²) in [5.41, 5.74) is -0.313. The van der Waals surface area contributed by atoms with Crippen molar-refractivity contribution >= 4 is 28.6 Å². The summed E-state index contributed by atoms with van der Waals surface area (Å²) in [5, 5.41) is 1.85. The Morgan fingerprint density at radius 2 is 1.92 bits per heavy atom. The molecule has 0 spiro atoms. The number of unbranched alkanes of at least 4 members (excludes halogenated alkanes) is 4. The zero-order valence-corrected chi connectivity index (χ0v) is 9.50. The van der Waals surface area contributed by atoms with E-state index < -0.39 is 5.37 Å². The minimum Gasteiger partial charge on any atom is -0.326 e. The number of carbonyl (C=O) groups is 1. The van der Waals surface area contributed by atoms with E-state index >= 15 is 0 Å². The second-order valence-corrected chi connectivity index (χ2v) is 3.96. The van der Waals surface area contributed by atoms with E-state index in [4.69, 9.17) is 23.2 Å². The molecule has 0 radical (unpaired) electrons. The molecular formula is C9H17Cl2NO. The molecule has 0 aromatic carbocycles. The van der Waals surface area contributed by atoms with Crippen molar-refractivity contribution in [3.63, 3.8) is 0 Å². The Morgan fingerprint density at radius 1 is 1.31 bits per heavy atom. The molecule has 0 saturated heterocycles. The summed E-state index contributed by atoms with van der Waals surface area (Å²) < 4.78 is 0. The Morgan fingerprint density at radius 3 is 2.46 bits per heavy atom. The molecule has 0 bridgehead atoms. The van der Waals surface area contributed by atoms with Crippen LogP contribution >= 0.6 is 23.2 Å². The normalized spacial score (nSPS) is 12.5. The van der Waals surface area contributed by atoms with E-state index in [2.05, 4.69) is 12.2 Å². The topological polar surface area (TPSA) is 29.1 Å². The molecule has 1 unspecified atom stereocenters. The van der Waals surface area contributed by atoms with Crippen LogP contribution in [0.2, 0.25) is 0 Å². The van der Waals surface area contributed by atoms with Crippen LogP contribution in [-0.2, 0) is 0 Å². The highest BCUT2D eigenvalue weighted by Crippen LogP contribution is 2.09. The molecule has 2 nitrogen and oxygen atoms in total. The van der Waals surface area contributed by atoms with Crippen molar-refractivity contribution in [1.82, 2.24) is 5.32 Å². The minimum absolute atomic E-state index is 0.313. The molecule has 0 aromatic rings. The van der Waals surface area contributed by atoms with E-state index in [1.54, 1.807) is 0 Å². The Bertz CT molecular complexity index is 142. The standard InChI is InChI=1S/C9H17Cl2NO/c1-2-3-4-5-6-7-8(10)12-9(11)13/h8H,2-7H2,1H3,(H,12,13). The molecule has 1 atom stereocenters. The van der Waals surface area contributed by atoms with Crippen molar-refractivity contribution in [2.75, 3.05) is 0 Å². The predicted octanol–water partition coefficient (Wildman–Crippen LogP) is 3.86. The lowest BCUT2D eigenvalue weighted by molar-refractivity contribution is 0.258. The van der Waals surface area contributed by atoms with E-state index in [9.17, 15) is 4.79 Å². The van der Waals surface area contributed by atoms with E-state index in [1.807, 2.05) is 0 Å². The monoisotopic (exact) mass is 225 g/mol. The molecule has 0 aliphatic rings. The minimum atomic E-state index is -0.575. The molecule has 0 aliphatic carbocycles. The summed E-state index contributed by atoms with van der Waals surface area (Å²) in [6, 6.07) is 0. The van der Waals surface area contributed by atoms with Crippen LogP contribution < -0.4 is 5.32 Å². The molecule has 78 valence electrons. The summed E-state index contributed by atoms with van der Waals surface area (Å²) in [6.07, 6.45) is 6.77. The third-order valence-corrected chi connectivity index (χ3v) is 2.27. The SMILES string of the molecule is CCCCCCCC(Cl)NC(=O)Cl. The van der Waals surface area contributed by atoms with Gasteiger partial charge in [-0.25, -0.2) is 0 Å². The van der Waals surface area contributed by atoms with Gasteiger partial charge >= 0.3 is 5.37 Å². The van der Waals surface area contributed by atoms with Crippen molar-refractivity contribution in [2.24, 2.45) is 0 Å². The van der Waals surface area contributed by atoms with Crippen molar-refractivity contribution in [2.45, 2.75) is 50.9 Å². The number of halogens is 2. The van der Waals surface area contributed by atoms with Gasteiger partial charge in [0, 0.05) is 0 Å². The molecule has 0 saturated carbocycles. The Labute approximate surface area is 90.0 Å². The van der Waals surface area contributed by atoms with Crippen molar-refractivity contribution in [3.8, 4) is 0 Å². The molecule has 0 aromatic heterocycles. The van der Waals surface area contributed by atoms with Gasteiger partial charge in [0.2, 0.25) is 0 Å². The summed E-state index contributed by atoms with van der Waals surface area (Å²) in [6.45, 7) is 2.18. The number of hydrogen-bond acceptors (Lipinski definition) is 1. The van der Waals surface area contributed by atoms with Gasteiger partial charge < -0.3 is 5.32 Å². The van der Waals surface area contributed by atoms with E-state index in [1.165, 1.54) is 25.7 Å². The molecule has 4 heteroatoms. The van der Waals surface area contributed by atoms with Gasteiger partial charge in [-0.05, 0) is 18.0 Å². The third-order valence-electron chi connectivity index (χ3n) is 1.83. The highest BCUT2D eigenvalue weighted by Gasteiger charge is 2.05. The first-order chi connectivity index (χ1) is 6.16. The van der Waals surface area contributed by atoms with E-state index in [0.717, 1.165) is 12.8 Å². The molecule has 0 heterocycles. The summed E-state index contributed by atoms with van der Waals surface area (Å²) >= 11 is 10.9. The van der Waals surface area contributed by atoms with Gasteiger partial charge in [0.05, 0.1) is 0 Å². The van der Waals surface area contributed by atoms with Gasteiger partial charge in [-0.3, -0.25) is 4.79 Å². The van der Waals surface area contributed by atoms with Crippen LogP contribution in [0.25, 0.3) is 0 Å². The predicted molar refractivity (Wildman–Crippen MR) is 57.4 cm³/mol. The number of alkyl halides is 1.